The van der Waals surface area contributed by atoms with Gasteiger partial charge in [-0.25, -0.2) is 9.79 Å². The van der Waals surface area contributed by atoms with Crippen LogP contribution in [0.1, 0.15) is 74.2 Å². The summed E-state index contributed by atoms with van der Waals surface area (Å²) in [5.74, 6) is 1.17. The third-order valence-corrected chi connectivity index (χ3v) is 7.97. The Morgan fingerprint density at radius 1 is 0.925 bits per heavy atom. The van der Waals surface area contributed by atoms with E-state index in [1.807, 2.05) is 24.3 Å². The highest BCUT2D eigenvalue weighted by molar-refractivity contribution is 9.09. The molecule has 0 saturated carbocycles. The molecule has 0 bridgehead atoms. The number of esters is 1. The number of rotatable bonds is 4. The minimum absolute atomic E-state index is 0.172. The number of carbonyl (C=O) groups is 1. The summed E-state index contributed by atoms with van der Waals surface area (Å²) in [6.45, 7) is 13.3. The van der Waals surface area contributed by atoms with Crippen molar-refractivity contribution in [1.82, 2.24) is 0 Å². The fourth-order valence-electron chi connectivity index (χ4n) is 6.22. The molecule has 0 unspecified atom stereocenters. The molecule has 0 atom stereocenters. The summed E-state index contributed by atoms with van der Waals surface area (Å²) in [6.07, 6.45) is 4.51. The predicted molar refractivity (Wildman–Crippen MR) is 163 cm³/mol. The fourth-order valence-corrected chi connectivity index (χ4v) is 6.39. The highest BCUT2D eigenvalue weighted by atomic mass is 79.9. The molecule has 0 radical (unpaired) electrons. The summed E-state index contributed by atoms with van der Waals surface area (Å²) in [5.41, 5.74) is 8.61. The number of fused-ring (bicyclic) bond motifs is 4. The number of hydrogen-bond donors (Lipinski definition) is 2. The molecule has 0 aromatic heterocycles. The van der Waals surface area contributed by atoms with Gasteiger partial charge in [0.2, 0.25) is 5.36 Å². The standard InChI is InChI=1S/C34H33BrN2O3/c1-19-17-33(3,4)36-27-15-29-25(13-23(19)27)31(21-9-7-8-10-22(21)32(38)39-12-11-35)26-14-24-20(2)18-34(5,6)37-28(24)16-30(26)40-29/h7-10,13-18,36H,11-12H2,1-6H3/p+1. The third kappa shape index (κ3) is 4.58. The molecular formula is C34H34BrN2O3+. The van der Waals surface area contributed by atoms with E-state index in [0.29, 0.717) is 17.5 Å². The molecule has 0 spiro atoms. The topological polar surface area (TPSA) is 61.5 Å². The van der Waals surface area contributed by atoms with Gasteiger partial charge < -0.3 is 14.8 Å². The second-order valence-electron chi connectivity index (χ2n) is 12.0. The number of alkyl halides is 1. The highest BCUT2D eigenvalue weighted by Gasteiger charge is 2.31. The minimum Gasteiger partial charge on any atom is -0.461 e. The number of benzene rings is 3. The molecule has 0 aliphatic carbocycles. The zero-order chi connectivity index (χ0) is 28.4. The Bertz CT molecular complexity index is 1780. The lowest BCUT2D eigenvalue weighted by atomic mass is 9.84. The van der Waals surface area contributed by atoms with Gasteiger partial charge in [0.1, 0.15) is 18.1 Å². The molecule has 0 fully saturated rings. The smallest absolute Gasteiger partial charge is 0.338 e. The van der Waals surface area contributed by atoms with Crippen LogP contribution >= 0.6 is 15.9 Å². The third-order valence-electron chi connectivity index (χ3n) is 7.64. The summed E-state index contributed by atoms with van der Waals surface area (Å²) in [6, 6.07) is 16.3. The van der Waals surface area contributed by atoms with E-state index in [4.69, 9.17) is 9.47 Å². The van der Waals surface area contributed by atoms with Crippen molar-refractivity contribution in [2.24, 2.45) is 0 Å². The number of carbonyl (C=O) groups excluding carboxylic acids is 1. The first-order chi connectivity index (χ1) is 19.0. The summed E-state index contributed by atoms with van der Waals surface area (Å²) < 4.78 is 12.2. The van der Waals surface area contributed by atoms with Gasteiger partial charge in [-0.3, -0.25) is 0 Å². The average molecular weight is 599 g/mol. The van der Waals surface area contributed by atoms with Gasteiger partial charge in [-0.1, -0.05) is 40.2 Å². The Kier molecular flexibility index (Phi) is 6.30. The lowest BCUT2D eigenvalue weighted by Crippen LogP contribution is -2.89. The van der Waals surface area contributed by atoms with Crippen LogP contribution in [0.15, 0.2) is 60.7 Å². The van der Waals surface area contributed by atoms with Crippen LogP contribution in [-0.4, -0.2) is 29.0 Å². The number of hydrogen-bond acceptors (Lipinski definition) is 4. The molecule has 3 aromatic rings. The summed E-state index contributed by atoms with van der Waals surface area (Å²) in [7, 11) is 0. The van der Waals surface area contributed by atoms with Crippen LogP contribution in [-0.2, 0) is 4.74 Å². The van der Waals surface area contributed by atoms with Crippen molar-refractivity contribution < 1.29 is 19.3 Å². The maximum atomic E-state index is 13.3. The first kappa shape index (κ1) is 26.6. The number of ether oxygens (including phenoxy) is 2. The largest absolute Gasteiger partial charge is 0.461 e. The first-order valence-electron chi connectivity index (χ1n) is 13.7. The number of anilines is 1. The highest BCUT2D eigenvalue weighted by Crippen LogP contribution is 2.44. The molecule has 3 aromatic carbocycles. The van der Waals surface area contributed by atoms with Crippen LogP contribution in [0.2, 0.25) is 0 Å². The van der Waals surface area contributed by atoms with E-state index in [9.17, 15) is 4.79 Å². The molecule has 40 heavy (non-hydrogen) atoms. The zero-order valence-corrected chi connectivity index (χ0v) is 25.4. The van der Waals surface area contributed by atoms with Gasteiger partial charge in [-0.15, -0.1) is 0 Å². The van der Waals surface area contributed by atoms with Crippen molar-refractivity contribution in [2.45, 2.75) is 52.6 Å². The van der Waals surface area contributed by atoms with Crippen molar-refractivity contribution in [3.63, 3.8) is 0 Å². The number of halogens is 1. The molecule has 3 heterocycles. The van der Waals surface area contributed by atoms with Gasteiger partial charge in [0.05, 0.1) is 17.2 Å². The summed E-state index contributed by atoms with van der Waals surface area (Å²) in [4.78, 5) is 16.9. The van der Waals surface area contributed by atoms with Crippen molar-refractivity contribution in [3.8, 4) is 11.5 Å². The minimum atomic E-state index is -0.341. The quantitative estimate of drug-likeness (QED) is 0.254. The zero-order valence-electron chi connectivity index (χ0n) is 23.8. The Morgan fingerprint density at radius 2 is 1.68 bits per heavy atom. The Balaban J connectivity index is 1.69. The fraction of sp³-hybridized carbons (Fsp3) is 0.294. The van der Waals surface area contributed by atoms with Gasteiger partial charge in [0.15, 0.2) is 5.54 Å². The van der Waals surface area contributed by atoms with Gasteiger partial charge >= 0.3 is 5.97 Å². The summed E-state index contributed by atoms with van der Waals surface area (Å²) >= 11 is 3.36. The van der Waals surface area contributed by atoms with E-state index in [2.05, 4.69) is 104 Å². The van der Waals surface area contributed by atoms with Crippen LogP contribution < -0.4 is 25.6 Å². The molecule has 6 heteroatoms. The van der Waals surface area contributed by atoms with E-state index >= 15 is 0 Å². The van der Waals surface area contributed by atoms with Crippen LogP contribution in [0, 0.1) is 0 Å². The van der Waals surface area contributed by atoms with Crippen molar-refractivity contribution in [1.29, 1.82) is 0 Å². The Labute approximate surface area is 243 Å². The lowest BCUT2D eigenvalue weighted by Gasteiger charge is -2.33. The predicted octanol–water partition coefficient (Wildman–Crippen LogP) is 5.09. The SMILES string of the molecule is CC1=CC(C)(C)Nc2cc3c(cc21)C(c1ccccc1C(=O)OCCBr)=c1cc2c(cc1O3)=[NH+]C(C)(C)C=C2C. The van der Waals surface area contributed by atoms with Crippen molar-refractivity contribution >= 4 is 44.3 Å². The molecule has 6 rings (SSSR count). The van der Waals surface area contributed by atoms with Gasteiger partial charge in [0, 0.05) is 58.4 Å². The number of allylic oxidation sites excluding steroid dienone is 2. The van der Waals surface area contributed by atoms with E-state index in [1.54, 1.807) is 0 Å². The van der Waals surface area contributed by atoms with Crippen molar-refractivity contribution in [3.05, 3.63) is 99.1 Å². The van der Waals surface area contributed by atoms with Crippen LogP contribution in [0.25, 0.3) is 16.7 Å². The maximum absolute atomic E-state index is 13.3. The molecule has 5 nitrogen and oxygen atoms in total. The van der Waals surface area contributed by atoms with Crippen molar-refractivity contribution in [2.75, 3.05) is 17.3 Å². The first-order valence-corrected chi connectivity index (χ1v) is 14.8. The maximum Gasteiger partial charge on any atom is 0.338 e. The molecule has 3 aliphatic heterocycles. The normalized spacial score (nSPS) is 17.4. The molecule has 3 aliphatic rings. The van der Waals surface area contributed by atoms with Crippen LogP contribution in [0.4, 0.5) is 5.69 Å². The van der Waals surface area contributed by atoms with E-state index in [0.717, 1.165) is 55.6 Å². The molecule has 204 valence electrons. The van der Waals surface area contributed by atoms with E-state index in [-0.39, 0.29) is 17.0 Å². The molecule has 0 saturated heterocycles. The Hall–Kier alpha value is -3.64. The average Bonchev–Trinajstić information content (AvgIpc) is 2.87. The molecule has 0 amide bonds. The summed E-state index contributed by atoms with van der Waals surface area (Å²) in [5, 5.41) is 6.22. The van der Waals surface area contributed by atoms with Crippen LogP contribution in [0.5, 0.6) is 11.5 Å². The van der Waals surface area contributed by atoms with E-state index < -0.39 is 0 Å². The molecule has 2 N–H and O–H groups in total. The Morgan fingerprint density at radius 3 is 2.45 bits per heavy atom. The van der Waals surface area contributed by atoms with Gasteiger partial charge in [-0.2, -0.15) is 0 Å². The molecular weight excluding hydrogens is 564 g/mol. The van der Waals surface area contributed by atoms with E-state index in [1.165, 1.54) is 11.1 Å². The van der Waals surface area contributed by atoms with Gasteiger partial charge in [-0.05, 0) is 68.7 Å². The van der Waals surface area contributed by atoms with Crippen LogP contribution in [0.3, 0.4) is 0 Å². The lowest BCUT2D eigenvalue weighted by molar-refractivity contribution is -0.568. The second-order valence-corrected chi connectivity index (χ2v) is 12.8. The number of nitrogens with one attached hydrogen (secondary N) is 2. The second kappa shape index (κ2) is 9.48. The monoisotopic (exact) mass is 597 g/mol. The van der Waals surface area contributed by atoms with Gasteiger partial charge in [0.25, 0.3) is 0 Å².